The van der Waals surface area contributed by atoms with Crippen LogP contribution in [-0.4, -0.2) is 60.2 Å². The van der Waals surface area contributed by atoms with Crippen LogP contribution in [-0.2, 0) is 14.4 Å². The molecule has 1 spiro atoms. The summed E-state index contributed by atoms with van der Waals surface area (Å²) >= 11 is 0. The molecule has 0 saturated carbocycles. The van der Waals surface area contributed by atoms with Crippen molar-refractivity contribution in [3.05, 3.63) is 0 Å². The van der Waals surface area contributed by atoms with Crippen molar-refractivity contribution in [2.24, 2.45) is 5.41 Å². The SMILES string of the molecule is O=C1CC2(CCN(C(=O)CN3CCCCCC3)CC2)CC(=O)N1. The van der Waals surface area contributed by atoms with Crippen molar-refractivity contribution in [3.63, 3.8) is 0 Å². The second kappa shape index (κ2) is 6.99. The highest BCUT2D eigenvalue weighted by Gasteiger charge is 2.42. The number of imide groups is 1. The van der Waals surface area contributed by atoms with Crippen LogP contribution in [0.15, 0.2) is 0 Å². The van der Waals surface area contributed by atoms with E-state index in [0.717, 1.165) is 25.9 Å². The molecule has 0 radical (unpaired) electrons. The Morgan fingerprint density at radius 3 is 2.04 bits per heavy atom. The Labute approximate surface area is 137 Å². The summed E-state index contributed by atoms with van der Waals surface area (Å²) in [5.41, 5.74) is -0.210. The van der Waals surface area contributed by atoms with Crippen molar-refractivity contribution in [1.29, 1.82) is 0 Å². The lowest BCUT2D eigenvalue weighted by Crippen LogP contribution is -2.52. The molecule has 128 valence electrons. The lowest BCUT2D eigenvalue weighted by molar-refractivity contribution is -0.141. The molecule has 3 fully saturated rings. The first-order valence-corrected chi connectivity index (χ1v) is 8.89. The third-order valence-corrected chi connectivity index (χ3v) is 5.58. The summed E-state index contributed by atoms with van der Waals surface area (Å²) in [5.74, 6) is -0.121. The predicted octanol–water partition coefficient (Wildman–Crippen LogP) is 0.908. The van der Waals surface area contributed by atoms with E-state index < -0.39 is 0 Å². The van der Waals surface area contributed by atoms with E-state index in [4.69, 9.17) is 0 Å². The normalized spacial score (nSPS) is 26.0. The molecule has 0 aromatic carbocycles. The van der Waals surface area contributed by atoms with Crippen molar-refractivity contribution in [2.45, 2.75) is 51.4 Å². The van der Waals surface area contributed by atoms with Gasteiger partial charge < -0.3 is 4.90 Å². The number of hydrogen-bond donors (Lipinski definition) is 1. The molecule has 3 saturated heterocycles. The van der Waals surface area contributed by atoms with Crippen LogP contribution in [0.1, 0.15) is 51.4 Å². The summed E-state index contributed by atoms with van der Waals surface area (Å²) in [4.78, 5) is 40.0. The van der Waals surface area contributed by atoms with E-state index >= 15 is 0 Å². The van der Waals surface area contributed by atoms with E-state index in [-0.39, 0.29) is 23.1 Å². The summed E-state index contributed by atoms with van der Waals surface area (Å²) < 4.78 is 0. The van der Waals surface area contributed by atoms with Crippen molar-refractivity contribution in [3.8, 4) is 0 Å². The van der Waals surface area contributed by atoms with Crippen LogP contribution >= 0.6 is 0 Å². The summed E-state index contributed by atoms with van der Waals surface area (Å²) in [5, 5.41) is 2.38. The standard InChI is InChI=1S/C17H27N3O3/c21-14-11-17(12-15(22)18-14)5-9-20(10-6-17)16(23)13-19-7-3-1-2-4-8-19/h1-13H2,(H,18,21,22). The second-order valence-electron chi connectivity index (χ2n) is 7.40. The Kier molecular flexibility index (Phi) is 4.99. The fourth-order valence-electron chi connectivity index (χ4n) is 4.16. The van der Waals surface area contributed by atoms with Gasteiger partial charge in [0, 0.05) is 25.9 Å². The van der Waals surface area contributed by atoms with Gasteiger partial charge in [-0.2, -0.15) is 0 Å². The van der Waals surface area contributed by atoms with Gasteiger partial charge in [0.1, 0.15) is 0 Å². The first-order chi connectivity index (χ1) is 11.1. The van der Waals surface area contributed by atoms with E-state index in [2.05, 4.69) is 10.2 Å². The highest BCUT2D eigenvalue weighted by atomic mass is 16.2. The molecule has 3 rings (SSSR count). The number of carbonyl (C=O) groups excluding carboxylic acids is 3. The summed E-state index contributed by atoms with van der Waals surface area (Å²) in [7, 11) is 0. The molecule has 6 heteroatoms. The minimum atomic E-state index is -0.210. The smallest absolute Gasteiger partial charge is 0.236 e. The molecular weight excluding hydrogens is 294 g/mol. The van der Waals surface area contributed by atoms with Gasteiger partial charge in [0.25, 0.3) is 0 Å². The van der Waals surface area contributed by atoms with Gasteiger partial charge in [-0.05, 0) is 44.2 Å². The zero-order valence-electron chi connectivity index (χ0n) is 13.8. The topological polar surface area (TPSA) is 69.7 Å². The monoisotopic (exact) mass is 321 g/mol. The number of carbonyl (C=O) groups is 3. The Morgan fingerprint density at radius 2 is 1.48 bits per heavy atom. The quantitative estimate of drug-likeness (QED) is 0.768. The van der Waals surface area contributed by atoms with Gasteiger partial charge in [-0.25, -0.2) is 0 Å². The lowest BCUT2D eigenvalue weighted by atomic mass is 9.71. The first-order valence-electron chi connectivity index (χ1n) is 8.89. The number of nitrogens with one attached hydrogen (secondary N) is 1. The van der Waals surface area contributed by atoms with Crippen LogP contribution < -0.4 is 5.32 Å². The van der Waals surface area contributed by atoms with Crippen LogP contribution in [0.3, 0.4) is 0 Å². The minimum absolute atomic E-state index is 0.161. The number of piperidine rings is 2. The zero-order valence-corrected chi connectivity index (χ0v) is 13.8. The van der Waals surface area contributed by atoms with E-state index in [0.29, 0.717) is 32.5 Å². The van der Waals surface area contributed by atoms with Crippen LogP contribution in [0.4, 0.5) is 0 Å². The first kappa shape index (κ1) is 16.4. The molecule has 3 aliphatic rings. The fourth-order valence-corrected chi connectivity index (χ4v) is 4.16. The molecule has 6 nitrogen and oxygen atoms in total. The highest BCUT2D eigenvalue weighted by molar-refractivity contribution is 5.98. The molecule has 0 atom stereocenters. The number of amides is 3. The fraction of sp³-hybridized carbons (Fsp3) is 0.824. The molecular formula is C17H27N3O3. The lowest BCUT2D eigenvalue weighted by Gasteiger charge is -2.43. The molecule has 0 aromatic heterocycles. The summed E-state index contributed by atoms with van der Waals surface area (Å²) in [6.45, 7) is 3.92. The van der Waals surface area contributed by atoms with Gasteiger partial charge in [-0.1, -0.05) is 12.8 Å². The largest absolute Gasteiger partial charge is 0.342 e. The van der Waals surface area contributed by atoms with Gasteiger partial charge in [-0.15, -0.1) is 0 Å². The maximum atomic E-state index is 12.5. The second-order valence-corrected chi connectivity index (χ2v) is 7.40. The van der Waals surface area contributed by atoms with Crippen molar-refractivity contribution < 1.29 is 14.4 Å². The minimum Gasteiger partial charge on any atom is -0.342 e. The Balaban J connectivity index is 1.51. The molecule has 3 aliphatic heterocycles. The van der Waals surface area contributed by atoms with Crippen molar-refractivity contribution in [2.75, 3.05) is 32.7 Å². The van der Waals surface area contributed by atoms with Gasteiger partial charge in [0.05, 0.1) is 6.54 Å². The molecule has 23 heavy (non-hydrogen) atoms. The maximum Gasteiger partial charge on any atom is 0.236 e. The molecule has 0 bridgehead atoms. The summed E-state index contributed by atoms with van der Waals surface area (Å²) in [6.07, 6.45) is 7.29. The highest BCUT2D eigenvalue weighted by Crippen LogP contribution is 2.40. The predicted molar refractivity (Wildman–Crippen MR) is 85.5 cm³/mol. The van der Waals surface area contributed by atoms with Crippen LogP contribution in [0.5, 0.6) is 0 Å². The molecule has 3 heterocycles. The maximum absolute atomic E-state index is 12.5. The van der Waals surface area contributed by atoms with Crippen LogP contribution in [0.25, 0.3) is 0 Å². The van der Waals surface area contributed by atoms with Crippen LogP contribution in [0, 0.1) is 5.41 Å². The average Bonchev–Trinajstić information content (AvgIpc) is 2.75. The Morgan fingerprint density at radius 1 is 0.913 bits per heavy atom. The van der Waals surface area contributed by atoms with Gasteiger partial charge in [0.15, 0.2) is 0 Å². The third-order valence-electron chi connectivity index (χ3n) is 5.58. The Hall–Kier alpha value is -1.43. The number of rotatable bonds is 2. The molecule has 1 N–H and O–H groups in total. The van der Waals surface area contributed by atoms with Crippen molar-refractivity contribution >= 4 is 17.7 Å². The van der Waals surface area contributed by atoms with E-state index in [1.807, 2.05) is 4.90 Å². The molecule has 3 amide bonds. The third kappa shape index (κ3) is 4.10. The van der Waals surface area contributed by atoms with Gasteiger partial charge >= 0.3 is 0 Å². The van der Waals surface area contributed by atoms with Crippen molar-refractivity contribution in [1.82, 2.24) is 15.1 Å². The van der Waals surface area contributed by atoms with Gasteiger partial charge in [0.2, 0.25) is 17.7 Å². The molecule has 0 aromatic rings. The number of nitrogens with zero attached hydrogens (tertiary/aromatic N) is 2. The van der Waals surface area contributed by atoms with E-state index in [1.54, 1.807) is 0 Å². The van der Waals surface area contributed by atoms with Gasteiger partial charge in [-0.3, -0.25) is 24.6 Å². The van der Waals surface area contributed by atoms with E-state index in [9.17, 15) is 14.4 Å². The number of hydrogen-bond acceptors (Lipinski definition) is 4. The Bertz CT molecular complexity index is 457. The molecule has 0 aliphatic carbocycles. The number of likely N-dealkylation sites (tertiary alicyclic amines) is 2. The van der Waals surface area contributed by atoms with Crippen LogP contribution in [0.2, 0.25) is 0 Å². The average molecular weight is 321 g/mol. The summed E-state index contributed by atoms with van der Waals surface area (Å²) in [6, 6.07) is 0. The zero-order chi connectivity index (χ0) is 16.3. The van der Waals surface area contributed by atoms with E-state index in [1.165, 1.54) is 25.7 Å². The molecule has 0 unspecified atom stereocenters.